The van der Waals surface area contributed by atoms with E-state index in [2.05, 4.69) is 10.6 Å². The fourth-order valence-electron chi connectivity index (χ4n) is 2.54. The number of hydrogen-bond acceptors (Lipinski definition) is 7. The van der Waals surface area contributed by atoms with Crippen LogP contribution in [0.2, 0.25) is 0 Å². The van der Waals surface area contributed by atoms with Crippen molar-refractivity contribution in [3.8, 4) is 0 Å². The van der Waals surface area contributed by atoms with Crippen molar-refractivity contribution >= 4 is 17.8 Å². The Balaban J connectivity index is 3.21. The van der Waals surface area contributed by atoms with Crippen LogP contribution in [0.1, 0.15) is 27.2 Å². The minimum absolute atomic E-state index is 0.532. The highest BCUT2D eigenvalue weighted by molar-refractivity contribution is 5.76. The van der Waals surface area contributed by atoms with Crippen LogP contribution < -0.4 is 10.6 Å². The van der Waals surface area contributed by atoms with E-state index < -0.39 is 60.4 Å². The molecule has 1 heterocycles. The number of nitrogens with one attached hydrogen (secondary N) is 2. The van der Waals surface area contributed by atoms with E-state index in [0.717, 1.165) is 0 Å². The Kier molecular flexibility index (Phi) is 6.05. The lowest BCUT2D eigenvalue weighted by atomic mass is 9.87. The van der Waals surface area contributed by atoms with Gasteiger partial charge in [0.25, 0.3) is 5.79 Å². The van der Waals surface area contributed by atoms with Gasteiger partial charge in [-0.05, 0) is 6.92 Å². The smallest absolute Gasteiger partial charge is 0.364 e. The van der Waals surface area contributed by atoms with Crippen molar-refractivity contribution in [3.05, 3.63) is 0 Å². The zero-order chi connectivity index (χ0) is 17.9. The van der Waals surface area contributed by atoms with Crippen molar-refractivity contribution in [1.82, 2.24) is 10.6 Å². The fraction of sp³-hybridized carbons (Fsp3) is 0.769. The van der Waals surface area contributed by atoms with Crippen molar-refractivity contribution in [2.75, 3.05) is 0 Å². The Morgan fingerprint density at radius 1 is 1.26 bits per heavy atom. The third-order valence-corrected chi connectivity index (χ3v) is 3.53. The van der Waals surface area contributed by atoms with Crippen LogP contribution in [0, 0.1) is 0 Å². The van der Waals surface area contributed by atoms with Crippen LogP contribution in [0.5, 0.6) is 0 Å². The molecule has 0 aliphatic carbocycles. The number of aliphatic hydroxyl groups excluding tert-OH is 2. The van der Waals surface area contributed by atoms with Crippen LogP contribution in [-0.2, 0) is 19.1 Å². The first-order valence-corrected chi connectivity index (χ1v) is 7.02. The molecule has 132 valence electrons. The number of carboxylic acids is 1. The lowest BCUT2D eigenvalue weighted by molar-refractivity contribution is -0.283. The van der Waals surface area contributed by atoms with Crippen molar-refractivity contribution in [2.45, 2.75) is 63.4 Å². The van der Waals surface area contributed by atoms with Gasteiger partial charge in [0.05, 0.1) is 24.3 Å². The molecule has 10 nitrogen and oxygen atoms in total. The molecular weight excluding hydrogens is 312 g/mol. The second-order valence-corrected chi connectivity index (χ2v) is 5.64. The molecule has 1 rings (SSSR count). The van der Waals surface area contributed by atoms with Gasteiger partial charge in [0, 0.05) is 20.3 Å². The van der Waals surface area contributed by atoms with Gasteiger partial charge in [0.1, 0.15) is 6.10 Å². The molecule has 1 saturated heterocycles. The Labute approximate surface area is 132 Å². The first kappa shape index (κ1) is 19.3. The molecule has 2 amide bonds. The molecule has 0 radical (unpaired) electrons. The van der Waals surface area contributed by atoms with Crippen LogP contribution >= 0.6 is 0 Å². The number of ether oxygens (including phenoxy) is 1. The molecule has 0 aromatic heterocycles. The minimum Gasteiger partial charge on any atom is -0.477 e. The molecule has 1 fully saturated rings. The van der Waals surface area contributed by atoms with Gasteiger partial charge >= 0.3 is 5.97 Å². The largest absolute Gasteiger partial charge is 0.477 e. The summed E-state index contributed by atoms with van der Waals surface area (Å²) in [6.45, 7) is 3.67. The zero-order valence-electron chi connectivity index (χ0n) is 13.0. The molecule has 1 aliphatic rings. The molecule has 0 saturated carbocycles. The highest BCUT2D eigenvalue weighted by atomic mass is 16.7. The molecule has 0 aromatic carbocycles. The summed E-state index contributed by atoms with van der Waals surface area (Å²) in [5.74, 6) is -5.50. The number of hydrogen-bond donors (Lipinski definition) is 6. The van der Waals surface area contributed by atoms with Crippen molar-refractivity contribution in [3.63, 3.8) is 0 Å². The predicted molar refractivity (Wildman–Crippen MR) is 75.0 cm³/mol. The maximum atomic E-state index is 11.3. The first-order chi connectivity index (χ1) is 10.5. The van der Waals surface area contributed by atoms with Crippen molar-refractivity contribution in [1.29, 1.82) is 0 Å². The predicted octanol–water partition coefficient (Wildman–Crippen LogP) is -2.70. The summed E-state index contributed by atoms with van der Waals surface area (Å²) < 4.78 is 5.15. The standard InChI is InChI=1S/C13H22N2O8/c1-5(16)9(14-6(2)17)11-10(15-7(3)18)8(19)4-13(22,23-11)12(20)21/h5,8-11,16,19,22H,4H2,1-3H3,(H,14,17)(H,15,18)(H,20,21)/t5-,8?,9-,10+,11?,13-/m0/s1. The second kappa shape index (κ2) is 7.21. The van der Waals surface area contributed by atoms with E-state index in [9.17, 15) is 29.7 Å². The van der Waals surface area contributed by atoms with Crippen LogP contribution in [-0.4, -0.2) is 74.4 Å². The second-order valence-electron chi connectivity index (χ2n) is 5.64. The molecule has 6 atom stereocenters. The minimum atomic E-state index is -2.70. The average molecular weight is 334 g/mol. The SMILES string of the molecule is CC(=O)N[C@@H]1C(O)C[C@@](O)(C(=O)O)OC1[C@@H](NC(C)=O)[C@H](C)O. The molecule has 2 unspecified atom stereocenters. The molecular formula is C13H22N2O8. The average Bonchev–Trinajstić information content (AvgIpc) is 2.38. The lowest BCUT2D eigenvalue weighted by Crippen LogP contribution is -2.69. The van der Waals surface area contributed by atoms with E-state index in [4.69, 9.17) is 9.84 Å². The Morgan fingerprint density at radius 3 is 2.22 bits per heavy atom. The Bertz CT molecular complexity index is 465. The topological polar surface area (TPSA) is 165 Å². The highest BCUT2D eigenvalue weighted by Crippen LogP contribution is 2.30. The molecule has 0 aromatic rings. The molecule has 0 bridgehead atoms. The fourth-order valence-corrected chi connectivity index (χ4v) is 2.54. The summed E-state index contributed by atoms with van der Waals surface area (Å²) in [4.78, 5) is 33.8. The summed E-state index contributed by atoms with van der Waals surface area (Å²) in [5.41, 5.74) is 0. The highest BCUT2D eigenvalue weighted by Gasteiger charge is 2.53. The van der Waals surface area contributed by atoms with Gasteiger partial charge in [-0.2, -0.15) is 0 Å². The summed E-state index contributed by atoms with van der Waals surface area (Å²) in [6.07, 6.45) is -4.72. The van der Waals surface area contributed by atoms with E-state index in [0.29, 0.717) is 0 Å². The van der Waals surface area contributed by atoms with E-state index in [1.54, 1.807) is 0 Å². The quantitative estimate of drug-likeness (QED) is 0.316. The van der Waals surface area contributed by atoms with E-state index in [-0.39, 0.29) is 0 Å². The number of amides is 2. The summed E-state index contributed by atoms with van der Waals surface area (Å²) in [6, 6.07) is -2.29. The van der Waals surface area contributed by atoms with Gasteiger partial charge in [-0.25, -0.2) is 4.79 Å². The molecule has 6 N–H and O–H groups in total. The van der Waals surface area contributed by atoms with Gasteiger partial charge in [-0.15, -0.1) is 0 Å². The van der Waals surface area contributed by atoms with Gasteiger partial charge in [0.15, 0.2) is 0 Å². The maximum absolute atomic E-state index is 11.3. The molecule has 1 aliphatic heterocycles. The molecule has 23 heavy (non-hydrogen) atoms. The van der Waals surface area contributed by atoms with Crippen LogP contribution in [0.4, 0.5) is 0 Å². The summed E-state index contributed by atoms with van der Waals surface area (Å²) in [5, 5.41) is 43.8. The van der Waals surface area contributed by atoms with E-state index >= 15 is 0 Å². The van der Waals surface area contributed by atoms with Gasteiger partial charge in [-0.3, -0.25) is 9.59 Å². The number of carbonyl (C=O) groups excluding carboxylic acids is 2. The third-order valence-electron chi connectivity index (χ3n) is 3.53. The third kappa shape index (κ3) is 4.61. The summed E-state index contributed by atoms with van der Waals surface area (Å²) >= 11 is 0. The van der Waals surface area contributed by atoms with Crippen LogP contribution in [0.15, 0.2) is 0 Å². The van der Waals surface area contributed by atoms with E-state index in [1.165, 1.54) is 20.8 Å². The Morgan fingerprint density at radius 2 is 1.83 bits per heavy atom. The van der Waals surface area contributed by atoms with Gasteiger partial charge < -0.3 is 35.8 Å². The van der Waals surface area contributed by atoms with Gasteiger partial charge in [0.2, 0.25) is 11.8 Å². The Hall–Kier alpha value is -1.75. The number of carbonyl (C=O) groups is 3. The number of carboxylic acid groups (broad SMARTS) is 1. The molecule has 0 spiro atoms. The zero-order valence-corrected chi connectivity index (χ0v) is 13.0. The van der Waals surface area contributed by atoms with E-state index in [1.807, 2.05) is 0 Å². The van der Waals surface area contributed by atoms with Crippen molar-refractivity contribution in [2.24, 2.45) is 0 Å². The number of aliphatic hydroxyl groups is 3. The lowest BCUT2D eigenvalue weighted by Gasteiger charge is -2.45. The number of aliphatic carboxylic acids is 1. The normalized spacial score (nSPS) is 33.4. The summed E-state index contributed by atoms with van der Waals surface area (Å²) in [7, 11) is 0. The monoisotopic (exact) mass is 334 g/mol. The maximum Gasteiger partial charge on any atom is 0.364 e. The first-order valence-electron chi connectivity index (χ1n) is 7.02. The van der Waals surface area contributed by atoms with Crippen molar-refractivity contribution < 1.29 is 39.5 Å². The van der Waals surface area contributed by atoms with Crippen LogP contribution in [0.3, 0.4) is 0 Å². The van der Waals surface area contributed by atoms with Gasteiger partial charge in [-0.1, -0.05) is 0 Å². The number of rotatable bonds is 5. The van der Waals surface area contributed by atoms with Crippen LogP contribution in [0.25, 0.3) is 0 Å². The molecule has 10 heteroatoms.